The Morgan fingerprint density at radius 3 is 2.46 bits per heavy atom. The Kier molecular flexibility index (Phi) is 5.26. The Balaban J connectivity index is 1.51. The highest BCUT2D eigenvalue weighted by Gasteiger charge is 2.43. The third-order valence-corrected chi connectivity index (χ3v) is 7.02. The largest absolute Gasteiger partial charge is 0.465 e. The van der Waals surface area contributed by atoms with E-state index in [1.807, 2.05) is 26.0 Å². The van der Waals surface area contributed by atoms with Crippen molar-refractivity contribution in [3.05, 3.63) is 104 Å². The highest BCUT2D eigenvalue weighted by Crippen LogP contribution is 2.40. The van der Waals surface area contributed by atoms with Gasteiger partial charge in [0.15, 0.2) is 16.9 Å². The minimum absolute atomic E-state index is 0.0311. The van der Waals surface area contributed by atoms with Gasteiger partial charge in [0.25, 0.3) is 5.91 Å². The van der Waals surface area contributed by atoms with Crippen molar-refractivity contribution in [3.8, 4) is 11.5 Å². The standard InChI is InChI=1S/C29H23NO7/c1-15-10-20-22(11-16(15)2)37-27-24(26(20)31)25(18-5-7-19(8-6-18)29(33)34-3)30(28(27)32)13-17-4-9-21-23(12-17)36-14-35-21/h4-12,25H,13-14H2,1-3H3. The van der Waals surface area contributed by atoms with Crippen molar-refractivity contribution >= 4 is 22.8 Å². The summed E-state index contributed by atoms with van der Waals surface area (Å²) in [5.41, 5.74) is 4.20. The van der Waals surface area contributed by atoms with E-state index in [4.69, 9.17) is 18.6 Å². The first kappa shape index (κ1) is 22.8. The van der Waals surface area contributed by atoms with E-state index in [9.17, 15) is 14.4 Å². The van der Waals surface area contributed by atoms with Crippen LogP contribution in [0.2, 0.25) is 0 Å². The molecule has 2 aliphatic rings. The van der Waals surface area contributed by atoms with E-state index in [1.54, 1.807) is 47.4 Å². The Hall–Kier alpha value is -4.59. The quantitative estimate of drug-likeness (QED) is 0.378. The number of benzene rings is 3. The van der Waals surface area contributed by atoms with Crippen molar-refractivity contribution in [1.29, 1.82) is 0 Å². The van der Waals surface area contributed by atoms with Crippen LogP contribution in [0.25, 0.3) is 11.0 Å². The maximum atomic E-state index is 13.8. The van der Waals surface area contributed by atoms with Crippen LogP contribution in [-0.2, 0) is 11.3 Å². The normalized spacial score (nSPS) is 15.8. The Morgan fingerprint density at radius 1 is 0.973 bits per heavy atom. The molecule has 0 bridgehead atoms. The second kappa shape index (κ2) is 8.51. The Labute approximate surface area is 212 Å². The molecule has 8 heteroatoms. The van der Waals surface area contributed by atoms with Crippen molar-refractivity contribution in [2.45, 2.75) is 26.4 Å². The van der Waals surface area contributed by atoms with Gasteiger partial charge in [0.1, 0.15) is 5.58 Å². The summed E-state index contributed by atoms with van der Waals surface area (Å²) in [7, 11) is 1.31. The summed E-state index contributed by atoms with van der Waals surface area (Å²) < 4.78 is 21.8. The summed E-state index contributed by atoms with van der Waals surface area (Å²) in [6, 6.07) is 15.1. The van der Waals surface area contributed by atoms with Crippen molar-refractivity contribution in [1.82, 2.24) is 4.90 Å². The second-order valence-electron chi connectivity index (χ2n) is 9.24. The number of fused-ring (bicyclic) bond motifs is 3. The highest BCUT2D eigenvalue weighted by atomic mass is 16.7. The average Bonchev–Trinajstić information content (AvgIpc) is 3.48. The lowest BCUT2D eigenvalue weighted by Crippen LogP contribution is -2.29. The first-order valence-electron chi connectivity index (χ1n) is 11.8. The summed E-state index contributed by atoms with van der Waals surface area (Å²) in [6.07, 6.45) is 0. The van der Waals surface area contributed by atoms with Crippen LogP contribution in [0, 0.1) is 13.8 Å². The molecule has 4 aromatic rings. The molecule has 0 fully saturated rings. The number of esters is 1. The molecule has 8 nitrogen and oxygen atoms in total. The van der Waals surface area contributed by atoms with Gasteiger partial charge in [-0.25, -0.2) is 4.79 Å². The van der Waals surface area contributed by atoms with Crippen LogP contribution in [0.5, 0.6) is 11.5 Å². The molecule has 0 spiro atoms. The van der Waals surface area contributed by atoms with E-state index >= 15 is 0 Å². The monoisotopic (exact) mass is 497 g/mol. The number of ether oxygens (including phenoxy) is 3. The fourth-order valence-electron chi connectivity index (χ4n) is 4.94. The van der Waals surface area contributed by atoms with E-state index in [0.717, 1.165) is 16.7 Å². The second-order valence-corrected chi connectivity index (χ2v) is 9.24. The van der Waals surface area contributed by atoms with Gasteiger partial charge in [-0.1, -0.05) is 18.2 Å². The summed E-state index contributed by atoms with van der Waals surface area (Å²) in [4.78, 5) is 41.2. The molecule has 1 unspecified atom stereocenters. The molecular formula is C29H23NO7. The zero-order chi connectivity index (χ0) is 25.8. The van der Waals surface area contributed by atoms with Crippen molar-refractivity contribution < 1.29 is 28.2 Å². The van der Waals surface area contributed by atoms with E-state index in [1.165, 1.54) is 7.11 Å². The molecule has 1 atom stereocenters. The molecule has 0 radical (unpaired) electrons. The molecule has 0 aliphatic carbocycles. The fraction of sp³-hybridized carbons (Fsp3) is 0.207. The number of methoxy groups -OCH3 is 1. The van der Waals surface area contributed by atoms with Crippen LogP contribution in [0.3, 0.4) is 0 Å². The number of hydrogen-bond acceptors (Lipinski definition) is 7. The van der Waals surface area contributed by atoms with Crippen LogP contribution >= 0.6 is 0 Å². The topological polar surface area (TPSA) is 95.3 Å². The van der Waals surface area contributed by atoms with Gasteiger partial charge in [0, 0.05) is 6.54 Å². The number of amides is 1. The van der Waals surface area contributed by atoms with Crippen LogP contribution in [0.1, 0.15) is 54.8 Å². The molecule has 0 saturated carbocycles. The smallest absolute Gasteiger partial charge is 0.337 e. The molecule has 0 N–H and O–H groups in total. The van der Waals surface area contributed by atoms with E-state index in [2.05, 4.69) is 0 Å². The van der Waals surface area contributed by atoms with Gasteiger partial charge in [-0.2, -0.15) is 0 Å². The third-order valence-electron chi connectivity index (χ3n) is 7.02. The Morgan fingerprint density at radius 2 is 1.70 bits per heavy atom. The number of carbonyl (C=O) groups excluding carboxylic acids is 2. The lowest BCUT2D eigenvalue weighted by molar-refractivity contribution is 0.0599. The highest BCUT2D eigenvalue weighted by molar-refractivity contribution is 5.99. The number of aryl methyl sites for hydroxylation is 2. The predicted molar refractivity (Wildman–Crippen MR) is 134 cm³/mol. The maximum absolute atomic E-state index is 13.8. The van der Waals surface area contributed by atoms with Gasteiger partial charge >= 0.3 is 5.97 Å². The van der Waals surface area contributed by atoms with Crippen molar-refractivity contribution in [2.24, 2.45) is 0 Å². The minimum Gasteiger partial charge on any atom is -0.465 e. The zero-order valence-electron chi connectivity index (χ0n) is 20.5. The van der Waals surface area contributed by atoms with Gasteiger partial charge in [0.05, 0.1) is 29.7 Å². The molecule has 6 rings (SSSR count). The van der Waals surface area contributed by atoms with Crippen molar-refractivity contribution in [2.75, 3.05) is 13.9 Å². The fourth-order valence-corrected chi connectivity index (χ4v) is 4.94. The van der Waals surface area contributed by atoms with E-state index < -0.39 is 12.0 Å². The first-order chi connectivity index (χ1) is 17.9. The molecule has 1 amide bonds. The predicted octanol–water partition coefficient (Wildman–Crippen LogP) is 4.67. The molecule has 1 aromatic heterocycles. The minimum atomic E-state index is -0.707. The zero-order valence-corrected chi connectivity index (χ0v) is 20.5. The SMILES string of the molecule is COC(=O)c1ccc(C2c3c(oc4cc(C)c(C)cc4c3=O)C(=O)N2Cc2ccc3c(c2)OCO3)cc1. The third kappa shape index (κ3) is 3.64. The summed E-state index contributed by atoms with van der Waals surface area (Å²) in [5, 5.41) is 0.427. The van der Waals surface area contributed by atoms with Gasteiger partial charge in [0.2, 0.25) is 12.6 Å². The average molecular weight is 498 g/mol. The van der Waals surface area contributed by atoms with Crippen LogP contribution in [-0.4, -0.2) is 30.7 Å². The Bertz CT molecular complexity index is 1650. The molecule has 2 aliphatic heterocycles. The van der Waals surface area contributed by atoms with Gasteiger partial charge in [-0.05, 0) is 72.5 Å². The van der Waals surface area contributed by atoms with Gasteiger partial charge < -0.3 is 23.5 Å². The number of carbonyl (C=O) groups is 2. The molecular weight excluding hydrogens is 474 g/mol. The number of hydrogen-bond donors (Lipinski definition) is 0. The molecule has 186 valence electrons. The van der Waals surface area contributed by atoms with Crippen LogP contribution in [0.15, 0.2) is 63.8 Å². The molecule has 3 aromatic carbocycles. The van der Waals surface area contributed by atoms with E-state index in [0.29, 0.717) is 33.6 Å². The maximum Gasteiger partial charge on any atom is 0.337 e. The molecule has 37 heavy (non-hydrogen) atoms. The van der Waals surface area contributed by atoms with Crippen LogP contribution in [0.4, 0.5) is 0 Å². The molecule has 0 saturated heterocycles. The summed E-state index contributed by atoms with van der Waals surface area (Å²) in [6.45, 7) is 4.21. The van der Waals surface area contributed by atoms with Crippen molar-refractivity contribution in [3.63, 3.8) is 0 Å². The number of nitrogens with zero attached hydrogens (tertiary/aromatic N) is 1. The first-order valence-corrected chi connectivity index (χ1v) is 11.8. The number of rotatable bonds is 4. The summed E-state index contributed by atoms with van der Waals surface area (Å²) in [5.74, 6) is 0.425. The van der Waals surface area contributed by atoms with E-state index in [-0.39, 0.29) is 36.0 Å². The van der Waals surface area contributed by atoms with Crippen LogP contribution < -0.4 is 14.9 Å². The summed E-state index contributed by atoms with van der Waals surface area (Å²) >= 11 is 0. The van der Waals surface area contributed by atoms with Gasteiger partial charge in [-0.15, -0.1) is 0 Å². The van der Waals surface area contributed by atoms with Gasteiger partial charge in [-0.3, -0.25) is 9.59 Å². The molecule has 3 heterocycles. The lowest BCUT2D eigenvalue weighted by atomic mass is 9.96. The lowest BCUT2D eigenvalue weighted by Gasteiger charge is -2.25.